The van der Waals surface area contributed by atoms with E-state index in [1.54, 1.807) is 19.2 Å². The summed E-state index contributed by atoms with van der Waals surface area (Å²) >= 11 is 2.36. The SMILES string of the molecule is COc1ccc(C(=O)NCCCCCI)c(OC)c1OC. The number of nitrogens with one attached hydrogen (secondary N) is 1. The molecule has 5 nitrogen and oxygen atoms in total. The van der Waals surface area contributed by atoms with Gasteiger partial charge in [0.1, 0.15) is 0 Å². The zero-order valence-electron chi connectivity index (χ0n) is 12.7. The average Bonchev–Trinajstić information content (AvgIpc) is 2.52. The van der Waals surface area contributed by atoms with Gasteiger partial charge in [0.2, 0.25) is 5.75 Å². The lowest BCUT2D eigenvalue weighted by molar-refractivity contribution is 0.0949. The molecular weight excluding hydrogens is 385 g/mol. The summed E-state index contributed by atoms with van der Waals surface area (Å²) in [5, 5.41) is 2.90. The molecule has 0 spiro atoms. The van der Waals surface area contributed by atoms with Crippen LogP contribution in [0.5, 0.6) is 17.2 Å². The second kappa shape index (κ2) is 9.70. The van der Waals surface area contributed by atoms with Crippen molar-refractivity contribution in [2.24, 2.45) is 0 Å². The van der Waals surface area contributed by atoms with Crippen LogP contribution in [0.15, 0.2) is 12.1 Å². The number of carbonyl (C=O) groups excluding carboxylic acids is 1. The van der Waals surface area contributed by atoms with Gasteiger partial charge >= 0.3 is 0 Å². The molecule has 0 aromatic heterocycles. The fraction of sp³-hybridized carbons (Fsp3) is 0.533. The van der Waals surface area contributed by atoms with Crippen LogP contribution in [0.2, 0.25) is 0 Å². The molecule has 0 radical (unpaired) electrons. The normalized spacial score (nSPS) is 10.1. The molecule has 1 N–H and O–H groups in total. The van der Waals surface area contributed by atoms with E-state index in [9.17, 15) is 4.79 Å². The first-order chi connectivity index (χ1) is 10.2. The van der Waals surface area contributed by atoms with Crippen molar-refractivity contribution < 1.29 is 19.0 Å². The molecule has 0 fully saturated rings. The van der Waals surface area contributed by atoms with Gasteiger partial charge in [-0.05, 0) is 29.4 Å². The molecule has 0 bridgehead atoms. The fourth-order valence-corrected chi connectivity index (χ4v) is 2.51. The number of carbonyl (C=O) groups is 1. The number of benzene rings is 1. The number of halogens is 1. The zero-order valence-corrected chi connectivity index (χ0v) is 14.9. The predicted octanol–water partition coefficient (Wildman–Crippen LogP) is 3.05. The molecule has 0 atom stereocenters. The van der Waals surface area contributed by atoms with Crippen molar-refractivity contribution in [1.29, 1.82) is 0 Å². The Kier molecular flexibility index (Phi) is 8.26. The van der Waals surface area contributed by atoms with Gasteiger partial charge in [-0.25, -0.2) is 0 Å². The van der Waals surface area contributed by atoms with E-state index in [4.69, 9.17) is 14.2 Å². The number of amides is 1. The molecule has 1 aromatic rings. The maximum atomic E-state index is 12.2. The second-order valence-electron chi connectivity index (χ2n) is 4.39. The highest BCUT2D eigenvalue weighted by Gasteiger charge is 2.20. The van der Waals surface area contributed by atoms with E-state index in [-0.39, 0.29) is 5.91 Å². The van der Waals surface area contributed by atoms with Crippen molar-refractivity contribution in [3.05, 3.63) is 17.7 Å². The van der Waals surface area contributed by atoms with Crippen molar-refractivity contribution >= 4 is 28.5 Å². The topological polar surface area (TPSA) is 56.8 Å². The van der Waals surface area contributed by atoms with E-state index < -0.39 is 0 Å². The second-order valence-corrected chi connectivity index (χ2v) is 5.47. The fourth-order valence-electron chi connectivity index (χ4n) is 1.97. The molecule has 0 heterocycles. The van der Waals surface area contributed by atoms with Crippen LogP contribution in [0, 0.1) is 0 Å². The highest BCUT2D eigenvalue weighted by atomic mass is 127. The minimum absolute atomic E-state index is 0.165. The summed E-state index contributed by atoms with van der Waals surface area (Å²) < 4.78 is 16.9. The standard InChI is InChI=1S/C15H22INO4/c1-19-12-8-7-11(13(20-2)14(12)21-3)15(18)17-10-6-4-5-9-16/h7-8H,4-6,9-10H2,1-3H3,(H,17,18). The molecule has 21 heavy (non-hydrogen) atoms. The van der Waals surface area contributed by atoms with Gasteiger partial charge in [0.15, 0.2) is 11.5 Å². The Hall–Kier alpha value is -1.18. The third-order valence-corrected chi connectivity index (χ3v) is 3.81. The number of hydrogen-bond donors (Lipinski definition) is 1. The van der Waals surface area contributed by atoms with Gasteiger partial charge in [0, 0.05) is 6.54 Å². The van der Waals surface area contributed by atoms with Crippen molar-refractivity contribution in [1.82, 2.24) is 5.32 Å². The van der Waals surface area contributed by atoms with Crippen LogP contribution in [-0.2, 0) is 0 Å². The van der Waals surface area contributed by atoms with E-state index in [2.05, 4.69) is 27.9 Å². The molecule has 0 saturated carbocycles. The summed E-state index contributed by atoms with van der Waals surface area (Å²) in [6.07, 6.45) is 3.27. The molecule has 1 aromatic carbocycles. The molecule has 0 aliphatic carbocycles. The summed E-state index contributed by atoms with van der Waals surface area (Å²) in [4.78, 5) is 12.2. The molecule has 1 amide bonds. The predicted molar refractivity (Wildman–Crippen MR) is 91.2 cm³/mol. The third kappa shape index (κ3) is 4.94. The highest BCUT2D eigenvalue weighted by Crippen LogP contribution is 2.39. The van der Waals surface area contributed by atoms with Gasteiger partial charge in [-0.15, -0.1) is 0 Å². The summed E-state index contributed by atoms with van der Waals surface area (Å²) in [6, 6.07) is 3.38. The summed E-state index contributed by atoms with van der Waals surface area (Å²) in [7, 11) is 4.57. The van der Waals surface area contributed by atoms with E-state index in [0.29, 0.717) is 29.4 Å². The third-order valence-electron chi connectivity index (χ3n) is 3.04. The van der Waals surface area contributed by atoms with Crippen LogP contribution >= 0.6 is 22.6 Å². The molecule has 118 valence electrons. The molecule has 0 aliphatic rings. The number of hydrogen-bond acceptors (Lipinski definition) is 4. The maximum Gasteiger partial charge on any atom is 0.255 e. The van der Waals surface area contributed by atoms with Gasteiger partial charge < -0.3 is 19.5 Å². The lowest BCUT2D eigenvalue weighted by Crippen LogP contribution is -2.25. The van der Waals surface area contributed by atoms with Crippen LogP contribution in [0.4, 0.5) is 0 Å². The number of ether oxygens (including phenoxy) is 3. The number of methoxy groups -OCH3 is 3. The molecule has 0 unspecified atom stereocenters. The Morgan fingerprint density at radius 1 is 1.05 bits per heavy atom. The van der Waals surface area contributed by atoms with Crippen LogP contribution in [0.3, 0.4) is 0 Å². The van der Waals surface area contributed by atoms with Gasteiger partial charge in [0.25, 0.3) is 5.91 Å². The number of rotatable bonds is 9. The molecule has 6 heteroatoms. The molecular formula is C15H22INO4. The summed E-state index contributed by atoms with van der Waals surface area (Å²) in [5.41, 5.74) is 0.448. The van der Waals surface area contributed by atoms with Crippen LogP contribution in [0.1, 0.15) is 29.6 Å². The van der Waals surface area contributed by atoms with Crippen LogP contribution < -0.4 is 19.5 Å². The summed E-state index contributed by atoms with van der Waals surface area (Å²) in [5.74, 6) is 1.19. The van der Waals surface area contributed by atoms with Crippen molar-refractivity contribution in [3.63, 3.8) is 0 Å². The zero-order chi connectivity index (χ0) is 15.7. The van der Waals surface area contributed by atoms with Crippen molar-refractivity contribution in [2.75, 3.05) is 32.3 Å². The first-order valence-electron chi connectivity index (χ1n) is 6.82. The van der Waals surface area contributed by atoms with E-state index in [1.165, 1.54) is 20.6 Å². The Balaban J connectivity index is 2.79. The quantitative estimate of drug-likeness (QED) is 0.389. The summed E-state index contributed by atoms with van der Waals surface area (Å²) in [6.45, 7) is 0.660. The maximum absolute atomic E-state index is 12.2. The first-order valence-corrected chi connectivity index (χ1v) is 8.35. The monoisotopic (exact) mass is 407 g/mol. The minimum atomic E-state index is -0.165. The van der Waals surface area contributed by atoms with Crippen molar-refractivity contribution in [2.45, 2.75) is 19.3 Å². The van der Waals surface area contributed by atoms with E-state index in [0.717, 1.165) is 17.3 Å². The number of alkyl halides is 1. The molecule has 0 aliphatic heterocycles. The van der Waals surface area contributed by atoms with Gasteiger partial charge in [-0.2, -0.15) is 0 Å². The lowest BCUT2D eigenvalue weighted by Gasteiger charge is -2.15. The Morgan fingerprint density at radius 2 is 1.76 bits per heavy atom. The largest absolute Gasteiger partial charge is 0.493 e. The average molecular weight is 407 g/mol. The van der Waals surface area contributed by atoms with Crippen LogP contribution in [0.25, 0.3) is 0 Å². The lowest BCUT2D eigenvalue weighted by atomic mass is 10.1. The Bertz CT molecular complexity index is 465. The minimum Gasteiger partial charge on any atom is -0.493 e. The Labute approximate surface area is 139 Å². The highest BCUT2D eigenvalue weighted by molar-refractivity contribution is 14.1. The van der Waals surface area contributed by atoms with E-state index in [1.807, 2.05) is 0 Å². The van der Waals surface area contributed by atoms with Crippen LogP contribution in [-0.4, -0.2) is 38.2 Å². The van der Waals surface area contributed by atoms with Crippen molar-refractivity contribution in [3.8, 4) is 17.2 Å². The Morgan fingerprint density at radius 3 is 2.33 bits per heavy atom. The van der Waals surface area contributed by atoms with E-state index >= 15 is 0 Å². The van der Waals surface area contributed by atoms with Gasteiger partial charge in [-0.3, -0.25) is 4.79 Å². The first kappa shape index (κ1) is 17.9. The molecule has 1 rings (SSSR count). The van der Waals surface area contributed by atoms with Gasteiger partial charge in [-0.1, -0.05) is 29.0 Å². The number of unbranched alkanes of at least 4 members (excludes halogenated alkanes) is 2. The molecule has 0 saturated heterocycles. The smallest absolute Gasteiger partial charge is 0.255 e. The van der Waals surface area contributed by atoms with Gasteiger partial charge in [0.05, 0.1) is 26.9 Å².